The van der Waals surface area contributed by atoms with Gasteiger partial charge in [-0.2, -0.15) is 0 Å². The minimum atomic E-state index is -2.55. The van der Waals surface area contributed by atoms with Crippen LogP contribution in [0.4, 0.5) is 0 Å². The summed E-state index contributed by atoms with van der Waals surface area (Å²) in [5.41, 5.74) is -0.581. The predicted octanol–water partition coefficient (Wildman–Crippen LogP) is 4.17. The summed E-state index contributed by atoms with van der Waals surface area (Å²) in [6.07, 6.45) is -0.806. The quantitative estimate of drug-likeness (QED) is 0.532. The summed E-state index contributed by atoms with van der Waals surface area (Å²) in [4.78, 5) is 0. The Morgan fingerprint density at radius 1 is 0.867 bits per heavy atom. The first kappa shape index (κ1) is 16.1. The van der Waals surface area contributed by atoms with Gasteiger partial charge in [0.2, 0.25) is 0 Å². The maximum absolute atomic E-state index is 5.73. The molecule has 92 valence electrons. The monoisotopic (exact) mass is 269 g/mol. The van der Waals surface area contributed by atoms with Gasteiger partial charge in [0.25, 0.3) is 0 Å². The summed E-state index contributed by atoms with van der Waals surface area (Å²) in [5, 5.41) is 0. The average molecular weight is 269 g/mol. The van der Waals surface area contributed by atoms with E-state index in [1.807, 2.05) is 27.7 Å². The molecule has 0 aliphatic rings. The standard InChI is InChI=1S/C10H23O2PS2/c1-7-9(3,4)11-13(14,15)12-10(5,6)8-2/h7-8H2,1-6H3,(H,14,15)/p-1. The van der Waals surface area contributed by atoms with Crippen molar-refractivity contribution >= 4 is 30.6 Å². The van der Waals surface area contributed by atoms with Gasteiger partial charge in [0, 0.05) is 6.12 Å². The van der Waals surface area contributed by atoms with Gasteiger partial charge in [0.1, 0.15) is 11.2 Å². The molecule has 0 heterocycles. The molecule has 0 aliphatic heterocycles. The lowest BCUT2D eigenvalue weighted by molar-refractivity contribution is 0.0547. The molecule has 0 atom stereocenters. The fourth-order valence-electron chi connectivity index (χ4n) is 0.753. The summed E-state index contributed by atoms with van der Waals surface area (Å²) in [5.74, 6) is 0. The van der Waals surface area contributed by atoms with Gasteiger partial charge in [-0.25, -0.2) is 9.05 Å². The highest BCUT2D eigenvalue weighted by Crippen LogP contribution is 2.62. The molecule has 0 aliphatic carbocycles. The van der Waals surface area contributed by atoms with Crippen LogP contribution in [0.3, 0.4) is 0 Å². The molecule has 15 heavy (non-hydrogen) atoms. The van der Waals surface area contributed by atoms with Gasteiger partial charge in [-0.3, -0.25) is 0 Å². The second kappa shape index (κ2) is 5.59. The second-order valence-corrected chi connectivity index (χ2v) is 9.69. The third kappa shape index (κ3) is 7.06. The number of hydrogen-bond donors (Lipinski definition) is 0. The maximum atomic E-state index is 5.73. The first-order valence-electron chi connectivity index (χ1n) is 5.26. The van der Waals surface area contributed by atoms with Gasteiger partial charge >= 0.3 is 0 Å². The van der Waals surface area contributed by atoms with Crippen molar-refractivity contribution in [2.75, 3.05) is 0 Å². The molecule has 5 heteroatoms. The lowest BCUT2D eigenvalue weighted by atomic mass is 10.1. The zero-order valence-corrected chi connectivity index (χ0v) is 13.0. The van der Waals surface area contributed by atoms with E-state index < -0.39 is 6.12 Å². The molecular formula is C10H22O2PS2-. The van der Waals surface area contributed by atoms with Gasteiger partial charge in [-0.15, -0.1) is 0 Å². The van der Waals surface area contributed by atoms with E-state index in [-0.39, 0.29) is 11.2 Å². The Morgan fingerprint density at radius 3 is 1.33 bits per heavy atom. The fourth-order valence-corrected chi connectivity index (χ4v) is 4.68. The lowest BCUT2D eigenvalue weighted by Gasteiger charge is -2.44. The molecule has 0 saturated carbocycles. The largest absolute Gasteiger partial charge is 0.515 e. The van der Waals surface area contributed by atoms with E-state index >= 15 is 0 Å². The van der Waals surface area contributed by atoms with Gasteiger partial charge in [0.05, 0.1) is 0 Å². The summed E-state index contributed by atoms with van der Waals surface area (Å²) in [7, 11) is 0. The van der Waals surface area contributed by atoms with Crippen LogP contribution in [-0.4, -0.2) is 11.2 Å². The summed E-state index contributed by atoms with van der Waals surface area (Å²) >= 11 is 10.5. The van der Waals surface area contributed by atoms with Gasteiger partial charge in [-0.1, -0.05) is 13.8 Å². The molecule has 0 aromatic carbocycles. The minimum absolute atomic E-state index is 0.291. The first-order valence-corrected chi connectivity index (χ1v) is 8.91. The molecule has 0 bridgehead atoms. The third-order valence-corrected chi connectivity index (χ3v) is 4.75. The normalized spacial score (nSPS) is 14.4. The molecule has 0 saturated heterocycles. The molecule has 0 unspecified atom stereocenters. The van der Waals surface area contributed by atoms with E-state index in [2.05, 4.69) is 13.8 Å². The van der Waals surface area contributed by atoms with Crippen molar-refractivity contribution in [3.8, 4) is 0 Å². The van der Waals surface area contributed by atoms with E-state index in [1.165, 1.54) is 0 Å². The van der Waals surface area contributed by atoms with E-state index in [0.717, 1.165) is 12.8 Å². The molecule has 0 aromatic rings. The zero-order valence-electron chi connectivity index (χ0n) is 10.5. The van der Waals surface area contributed by atoms with Crippen molar-refractivity contribution < 1.29 is 9.05 Å². The molecule has 0 radical (unpaired) electrons. The van der Waals surface area contributed by atoms with Crippen LogP contribution in [-0.2, 0) is 33.5 Å². The topological polar surface area (TPSA) is 18.5 Å². The van der Waals surface area contributed by atoms with E-state index in [0.29, 0.717) is 0 Å². The van der Waals surface area contributed by atoms with Gasteiger partial charge in [0.15, 0.2) is 0 Å². The summed E-state index contributed by atoms with van der Waals surface area (Å²) < 4.78 is 11.5. The molecule has 0 fully saturated rings. The Kier molecular flexibility index (Phi) is 5.98. The smallest absolute Gasteiger partial charge is 0.105 e. The highest BCUT2D eigenvalue weighted by Gasteiger charge is 2.30. The first-order chi connectivity index (χ1) is 6.54. The van der Waals surface area contributed by atoms with Gasteiger partial charge in [-0.05, 0) is 40.5 Å². The van der Waals surface area contributed by atoms with Crippen molar-refractivity contribution in [3.63, 3.8) is 0 Å². The van der Waals surface area contributed by atoms with Crippen molar-refractivity contribution in [1.82, 2.24) is 0 Å². The Bertz CT molecular complexity index is 186. The Balaban J connectivity index is 4.43. The number of rotatable bonds is 6. The Labute approximate surface area is 105 Å². The Morgan fingerprint density at radius 2 is 1.13 bits per heavy atom. The van der Waals surface area contributed by atoms with Crippen LogP contribution in [0.5, 0.6) is 0 Å². The van der Waals surface area contributed by atoms with Crippen LogP contribution in [0.1, 0.15) is 54.4 Å². The van der Waals surface area contributed by atoms with Crippen LogP contribution in [0.15, 0.2) is 0 Å². The van der Waals surface area contributed by atoms with E-state index in [4.69, 9.17) is 33.5 Å². The summed E-state index contributed by atoms with van der Waals surface area (Å²) in [6.45, 7) is 12.1. The predicted molar refractivity (Wildman–Crippen MR) is 72.6 cm³/mol. The second-order valence-electron chi connectivity index (χ2n) is 4.86. The van der Waals surface area contributed by atoms with Crippen LogP contribution in [0.25, 0.3) is 0 Å². The van der Waals surface area contributed by atoms with Crippen molar-refractivity contribution in [3.05, 3.63) is 0 Å². The molecule has 2 nitrogen and oxygen atoms in total. The van der Waals surface area contributed by atoms with Crippen molar-refractivity contribution in [2.45, 2.75) is 65.6 Å². The lowest BCUT2D eigenvalue weighted by Crippen LogP contribution is -2.28. The Hall–Kier alpha value is 1.05. The van der Waals surface area contributed by atoms with Crippen LogP contribution in [0.2, 0.25) is 0 Å². The van der Waals surface area contributed by atoms with Crippen LogP contribution < -0.4 is 0 Å². The molecule has 0 aromatic heterocycles. The van der Waals surface area contributed by atoms with Crippen molar-refractivity contribution in [1.29, 1.82) is 0 Å². The fraction of sp³-hybridized carbons (Fsp3) is 1.00. The molecule has 0 rings (SSSR count). The zero-order chi connectivity index (χ0) is 12.3. The third-order valence-electron chi connectivity index (χ3n) is 2.42. The molecular weight excluding hydrogens is 247 g/mol. The minimum Gasteiger partial charge on any atom is -0.515 e. The van der Waals surface area contributed by atoms with Crippen LogP contribution >= 0.6 is 6.12 Å². The van der Waals surface area contributed by atoms with Gasteiger partial charge < -0.3 is 24.5 Å². The molecule has 0 amide bonds. The van der Waals surface area contributed by atoms with Crippen LogP contribution in [0, 0.1) is 0 Å². The highest BCUT2D eigenvalue weighted by molar-refractivity contribution is 8.70. The van der Waals surface area contributed by atoms with Crippen molar-refractivity contribution in [2.24, 2.45) is 0 Å². The number of hydrogen-bond acceptors (Lipinski definition) is 4. The average Bonchev–Trinajstić information content (AvgIpc) is 2.00. The van der Waals surface area contributed by atoms with E-state index in [9.17, 15) is 0 Å². The molecule has 0 spiro atoms. The van der Waals surface area contributed by atoms with E-state index in [1.54, 1.807) is 0 Å². The summed E-state index contributed by atoms with van der Waals surface area (Å²) in [6, 6.07) is 0. The molecule has 0 N–H and O–H groups in total. The SMILES string of the molecule is CCC(C)(C)O[P+]([S-])([S-])OC(C)(C)CC. The highest BCUT2D eigenvalue weighted by atomic mass is 33.1. The maximum Gasteiger partial charge on any atom is 0.105 e.